The van der Waals surface area contributed by atoms with Crippen molar-refractivity contribution in [2.24, 2.45) is 0 Å². The van der Waals surface area contributed by atoms with Crippen molar-refractivity contribution in [3.05, 3.63) is 53.8 Å². The summed E-state index contributed by atoms with van der Waals surface area (Å²) in [4.78, 5) is 10.8. The number of rotatable bonds is 2. The Balaban J connectivity index is 2.58. The van der Waals surface area contributed by atoms with Crippen LogP contribution in [0.15, 0.2) is 42.5 Å². The number of halogens is 1. The third kappa shape index (κ3) is 2.25. The van der Waals surface area contributed by atoms with Crippen molar-refractivity contribution in [1.29, 1.82) is 0 Å². The summed E-state index contributed by atoms with van der Waals surface area (Å²) in [6.45, 7) is 0. The van der Waals surface area contributed by atoms with Crippen LogP contribution in [0, 0.1) is 5.82 Å². The Morgan fingerprint density at radius 1 is 1.12 bits per heavy atom. The number of aromatic carboxylic acids is 1. The van der Waals surface area contributed by atoms with Crippen LogP contribution in [0.2, 0.25) is 0 Å². The average Bonchev–Trinajstić information content (AvgIpc) is 2.29. The zero-order valence-electron chi connectivity index (χ0n) is 8.72. The zero-order chi connectivity index (χ0) is 12.4. The van der Waals surface area contributed by atoms with Gasteiger partial charge in [0.1, 0.15) is 11.6 Å². The van der Waals surface area contributed by atoms with E-state index in [4.69, 9.17) is 5.11 Å². The number of hydrogen-bond donors (Lipinski definition) is 2. The van der Waals surface area contributed by atoms with E-state index in [1.807, 2.05) is 0 Å². The van der Waals surface area contributed by atoms with Crippen LogP contribution in [0.3, 0.4) is 0 Å². The van der Waals surface area contributed by atoms with Crippen molar-refractivity contribution < 1.29 is 19.4 Å². The molecule has 0 aliphatic heterocycles. The van der Waals surface area contributed by atoms with Gasteiger partial charge in [0.05, 0.1) is 5.56 Å². The van der Waals surface area contributed by atoms with Crippen molar-refractivity contribution in [2.75, 3.05) is 0 Å². The van der Waals surface area contributed by atoms with Gasteiger partial charge in [0.25, 0.3) is 0 Å². The summed E-state index contributed by atoms with van der Waals surface area (Å²) in [5.74, 6) is -1.62. The first-order valence-electron chi connectivity index (χ1n) is 4.90. The first-order chi connectivity index (χ1) is 8.08. The Labute approximate surface area is 96.8 Å². The number of phenolic OH excluding ortho intramolecular Hbond substituents is 1. The van der Waals surface area contributed by atoms with Crippen LogP contribution < -0.4 is 0 Å². The summed E-state index contributed by atoms with van der Waals surface area (Å²) in [7, 11) is 0. The molecule has 0 amide bonds. The van der Waals surface area contributed by atoms with E-state index in [1.165, 1.54) is 36.4 Å². The standard InChI is InChI=1S/C13H9FO3/c14-10-3-1-2-8(6-10)11-7-9(13(16)17)4-5-12(11)15/h1-7,15H,(H,16,17). The fourth-order valence-electron chi connectivity index (χ4n) is 1.56. The minimum absolute atomic E-state index is 0.0436. The number of hydrogen-bond acceptors (Lipinski definition) is 2. The second kappa shape index (κ2) is 4.25. The van der Waals surface area contributed by atoms with Gasteiger partial charge in [0.2, 0.25) is 0 Å². The van der Waals surface area contributed by atoms with E-state index in [0.29, 0.717) is 11.1 Å². The molecular formula is C13H9FO3. The van der Waals surface area contributed by atoms with Gasteiger partial charge in [-0.1, -0.05) is 12.1 Å². The molecule has 17 heavy (non-hydrogen) atoms. The van der Waals surface area contributed by atoms with E-state index in [1.54, 1.807) is 6.07 Å². The lowest BCUT2D eigenvalue weighted by atomic mass is 10.0. The second-order valence-electron chi connectivity index (χ2n) is 3.55. The number of aromatic hydroxyl groups is 1. The molecule has 4 heteroatoms. The van der Waals surface area contributed by atoms with Gasteiger partial charge in [-0.15, -0.1) is 0 Å². The third-order valence-corrected chi connectivity index (χ3v) is 2.38. The van der Waals surface area contributed by atoms with E-state index in [0.717, 1.165) is 0 Å². The van der Waals surface area contributed by atoms with Gasteiger partial charge in [-0.3, -0.25) is 0 Å². The summed E-state index contributed by atoms with van der Waals surface area (Å²) in [6, 6.07) is 9.50. The molecular weight excluding hydrogens is 223 g/mol. The predicted molar refractivity (Wildman–Crippen MR) is 60.5 cm³/mol. The lowest BCUT2D eigenvalue weighted by Crippen LogP contribution is -1.96. The number of carboxylic acid groups (broad SMARTS) is 1. The van der Waals surface area contributed by atoms with Gasteiger partial charge in [-0.05, 0) is 35.9 Å². The van der Waals surface area contributed by atoms with Crippen molar-refractivity contribution in [2.45, 2.75) is 0 Å². The molecule has 0 saturated carbocycles. The largest absolute Gasteiger partial charge is 0.507 e. The van der Waals surface area contributed by atoms with E-state index >= 15 is 0 Å². The average molecular weight is 232 g/mol. The van der Waals surface area contributed by atoms with E-state index in [-0.39, 0.29) is 11.3 Å². The minimum atomic E-state index is -1.09. The normalized spacial score (nSPS) is 10.2. The maximum atomic E-state index is 13.0. The molecule has 0 aliphatic rings. The van der Waals surface area contributed by atoms with Crippen LogP contribution in [-0.2, 0) is 0 Å². The first kappa shape index (κ1) is 11.1. The summed E-state index contributed by atoms with van der Waals surface area (Å²) >= 11 is 0. The number of carboxylic acids is 1. The van der Waals surface area contributed by atoms with Crippen LogP contribution in [0.4, 0.5) is 4.39 Å². The second-order valence-corrected chi connectivity index (χ2v) is 3.55. The maximum absolute atomic E-state index is 13.0. The fraction of sp³-hybridized carbons (Fsp3) is 0. The molecule has 2 aromatic carbocycles. The first-order valence-corrected chi connectivity index (χ1v) is 4.90. The van der Waals surface area contributed by atoms with Gasteiger partial charge in [0.15, 0.2) is 0 Å². The van der Waals surface area contributed by atoms with Crippen molar-refractivity contribution in [3.8, 4) is 16.9 Å². The van der Waals surface area contributed by atoms with Gasteiger partial charge in [-0.25, -0.2) is 9.18 Å². The smallest absolute Gasteiger partial charge is 0.335 e. The lowest BCUT2D eigenvalue weighted by molar-refractivity contribution is 0.0697. The Hall–Kier alpha value is -2.36. The summed E-state index contributed by atoms with van der Waals surface area (Å²) in [6.07, 6.45) is 0. The lowest BCUT2D eigenvalue weighted by Gasteiger charge is -2.06. The Morgan fingerprint density at radius 2 is 1.88 bits per heavy atom. The van der Waals surface area contributed by atoms with Crippen LogP contribution in [0.1, 0.15) is 10.4 Å². The van der Waals surface area contributed by atoms with Crippen LogP contribution in [0.25, 0.3) is 11.1 Å². The van der Waals surface area contributed by atoms with Crippen molar-refractivity contribution >= 4 is 5.97 Å². The molecule has 0 aliphatic carbocycles. The summed E-state index contributed by atoms with van der Waals surface area (Å²) < 4.78 is 13.0. The van der Waals surface area contributed by atoms with Crippen molar-refractivity contribution in [3.63, 3.8) is 0 Å². The highest BCUT2D eigenvalue weighted by molar-refractivity contribution is 5.90. The molecule has 0 spiro atoms. The molecule has 0 radical (unpaired) electrons. The zero-order valence-corrected chi connectivity index (χ0v) is 8.72. The molecule has 0 fully saturated rings. The molecule has 0 aromatic heterocycles. The molecule has 0 saturated heterocycles. The van der Waals surface area contributed by atoms with Gasteiger partial charge in [0, 0.05) is 5.56 Å². The molecule has 0 bridgehead atoms. The van der Waals surface area contributed by atoms with Gasteiger partial charge < -0.3 is 10.2 Å². The third-order valence-electron chi connectivity index (χ3n) is 2.38. The highest BCUT2D eigenvalue weighted by Gasteiger charge is 2.09. The van der Waals surface area contributed by atoms with Gasteiger partial charge >= 0.3 is 5.97 Å². The van der Waals surface area contributed by atoms with Gasteiger partial charge in [-0.2, -0.15) is 0 Å². The molecule has 2 aromatic rings. The number of carbonyl (C=O) groups is 1. The SMILES string of the molecule is O=C(O)c1ccc(O)c(-c2cccc(F)c2)c1. The number of phenols is 1. The van der Waals surface area contributed by atoms with E-state index < -0.39 is 11.8 Å². The molecule has 2 N–H and O–H groups in total. The maximum Gasteiger partial charge on any atom is 0.335 e. The molecule has 0 heterocycles. The number of benzene rings is 2. The summed E-state index contributed by atoms with van der Waals surface area (Å²) in [5, 5.41) is 18.5. The Morgan fingerprint density at radius 3 is 2.53 bits per heavy atom. The van der Waals surface area contributed by atoms with Crippen LogP contribution in [-0.4, -0.2) is 16.2 Å². The van der Waals surface area contributed by atoms with E-state index in [9.17, 15) is 14.3 Å². The highest BCUT2D eigenvalue weighted by atomic mass is 19.1. The topological polar surface area (TPSA) is 57.5 Å². The Kier molecular flexibility index (Phi) is 2.78. The van der Waals surface area contributed by atoms with Crippen LogP contribution in [0.5, 0.6) is 5.75 Å². The predicted octanol–water partition coefficient (Wildman–Crippen LogP) is 2.90. The molecule has 86 valence electrons. The molecule has 0 atom stereocenters. The summed E-state index contributed by atoms with van der Waals surface area (Å²) in [5.41, 5.74) is 0.775. The monoisotopic (exact) mass is 232 g/mol. The molecule has 3 nitrogen and oxygen atoms in total. The quantitative estimate of drug-likeness (QED) is 0.836. The molecule has 2 rings (SSSR count). The molecule has 0 unspecified atom stereocenters. The fourth-order valence-corrected chi connectivity index (χ4v) is 1.56. The Bertz CT molecular complexity index is 579. The minimum Gasteiger partial charge on any atom is -0.507 e. The van der Waals surface area contributed by atoms with Crippen molar-refractivity contribution in [1.82, 2.24) is 0 Å². The van der Waals surface area contributed by atoms with Crippen LogP contribution >= 0.6 is 0 Å². The highest BCUT2D eigenvalue weighted by Crippen LogP contribution is 2.30. The van der Waals surface area contributed by atoms with E-state index in [2.05, 4.69) is 0 Å².